The quantitative estimate of drug-likeness (QED) is 0.0184. The number of aromatic nitrogens is 20. The molecule has 17 rings (SSSR count). The summed E-state index contributed by atoms with van der Waals surface area (Å²) in [6.07, 6.45) is 9.64. The molecule has 13 heterocycles. The minimum Gasteiger partial charge on any atom is -0.490 e. The second kappa shape index (κ2) is 42.0. The first-order valence-electron chi connectivity index (χ1n) is 41.3. The molecule has 12 aromatic rings. The van der Waals surface area contributed by atoms with Crippen LogP contribution in [0.2, 0.25) is 0 Å². The van der Waals surface area contributed by atoms with E-state index in [0.717, 1.165) is 166 Å². The van der Waals surface area contributed by atoms with Gasteiger partial charge in [-0.15, -0.1) is 20.4 Å². The minimum absolute atomic E-state index is 0.00229. The van der Waals surface area contributed by atoms with Crippen molar-refractivity contribution in [1.82, 2.24) is 125 Å². The summed E-state index contributed by atoms with van der Waals surface area (Å²) in [5.74, 6) is 4.48. The average Bonchev–Trinajstić information content (AvgIpc) is 1.55. The van der Waals surface area contributed by atoms with E-state index < -0.39 is 23.4 Å². The fraction of sp³-hybridized carbons (Fsp3) is 0.388. The molecular weight excluding hydrogens is 1670 g/mol. The number of piperazine rings is 1. The summed E-state index contributed by atoms with van der Waals surface area (Å²) in [6, 6.07) is 24.0. The second-order valence-corrected chi connectivity index (χ2v) is 30.1. The standard InChI is InChI=1S/C23H33N11O.C20H25N9O2.C19H22F3N9O.C18H21F2N9O/c1-32-10-12-33(13-11-32)18-7-5-16(6-8-18)29-23-30-22(24)34(31-23)21-19(35-2)20(26-15-27-21)28-17-4-3-9-25-14-17;1-12(30)13-5-7-14(8-6-13)26-20-27-19(21)29(28-20)18-16(31-2)17(23-11-24-18)25-15-4-3-9-22-10-15;1-32-14-15(27-13-3-2-8-24-9-13)25-10-26-16(14)31-17(23)29-18(30-31)28-12-6-4-11(5-7-12)19(20,21)22;1-30-14-15(25-11-3-2-6-22-8-11)23-9-24-16(14)29-17(21)27-18(28-29)26-10-4-5-12(19)13(20)7-10/h5-8,15,17,25H,3-4,9-14H2,1-2H3,(H,26,27,28)(H3,24,29,30,31);5-8,11,15,22H,3-4,9-10H2,1-2H3,(H,23,24,25)(H3,21,26,27,28);4-7,10,13,24H,2-3,8-9H2,1H3,(H,25,26,27)(H3,23,28,29,30);4-5,7,9,11,22H,2-3,6,8H2,1H3,(H,23,24,25)(H3,21,26,27,28)/t17-;15-;13-;11-/m0000/s1. The molecule has 5 fully saturated rings. The number of methoxy groups -OCH3 is 4. The summed E-state index contributed by atoms with van der Waals surface area (Å²) < 4.78 is 92.5. The number of anilines is 17. The third-order valence-corrected chi connectivity index (χ3v) is 21.0. The van der Waals surface area contributed by atoms with E-state index in [1.54, 1.807) is 38.5 Å². The number of ketones is 1. The largest absolute Gasteiger partial charge is 0.490 e. The van der Waals surface area contributed by atoms with Gasteiger partial charge in [-0.1, -0.05) is 0 Å². The van der Waals surface area contributed by atoms with E-state index in [0.29, 0.717) is 86.9 Å². The molecule has 676 valence electrons. The number of carbonyl (C=O) groups is 1. The highest BCUT2D eigenvalue weighted by Crippen LogP contribution is 2.37. The summed E-state index contributed by atoms with van der Waals surface area (Å²) >= 11 is 0. The predicted molar refractivity (Wildman–Crippen MR) is 473 cm³/mol. The van der Waals surface area contributed by atoms with Gasteiger partial charge in [0.25, 0.3) is 0 Å². The van der Waals surface area contributed by atoms with Gasteiger partial charge in [-0.25, -0.2) is 48.7 Å². The monoisotopic (exact) mass is 1770 g/mol. The number of Topliss-reactive ketones (excluding diaryl/α,β-unsaturated/α-hetero) is 1. The van der Waals surface area contributed by atoms with Crippen molar-refractivity contribution in [3.05, 3.63) is 139 Å². The van der Waals surface area contributed by atoms with E-state index in [4.69, 9.17) is 41.9 Å². The number of nitrogens with two attached hydrogens (primary N) is 4. The third kappa shape index (κ3) is 22.8. The lowest BCUT2D eigenvalue weighted by Gasteiger charge is -2.34. The number of nitrogens with zero attached hydrogens (tertiary/aromatic N) is 22. The van der Waals surface area contributed by atoms with Crippen LogP contribution in [0.1, 0.15) is 74.2 Å². The van der Waals surface area contributed by atoms with Crippen LogP contribution >= 0.6 is 0 Å². The van der Waals surface area contributed by atoms with Gasteiger partial charge in [0.15, 0.2) is 40.7 Å². The van der Waals surface area contributed by atoms with Gasteiger partial charge >= 0.3 is 6.18 Å². The van der Waals surface area contributed by atoms with Gasteiger partial charge in [-0.3, -0.25) is 4.79 Å². The van der Waals surface area contributed by atoms with Crippen molar-refractivity contribution in [2.24, 2.45) is 0 Å². The maximum atomic E-state index is 13.4. The van der Waals surface area contributed by atoms with E-state index in [1.165, 1.54) is 89.1 Å². The Bertz CT molecular complexity index is 5660. The summed E-state index contributed by atoms with van der Waals surface area (Å²) in [6.45, 7) is 13.1. The van der Waals surface area contributed by atoms with Crippen LogP contribution in [0.5, 0.6) is 23.0 Å². The number of nitrogen functional groups attached to an aromatic ring is 4. The van der Waals surface area contributed by atoms with Crippen molar-refractivity contribution in [3.63, 3.8) is 0 Å². The van der Waals surface area contributed by atoms with Crippen molar-refractivity contribution < 1.29 is 45.7 Å². The molecule has 0 amide bonds. The number of hydrogen-bond acceptors (Lipinski definition) is 39. The minimum atomic E-state index is -4.41. The first-order chi connectivity index (χ1) is 62.0. The summed E-state index contributed by atoms with van der Waals surface area (Å²) in [4.78, 5) is 67.5. The van der Waals surface area contributed by atoms with Gasteiger partial charge in [0.2, 0.25) is 93.9 Å². The Morgan fingerprint density at radius 1 is 0.414 bits per heavy atom. The molecule has 4 atom stereocenters. The fourth-order valence-corrected chi connectivity index (χ4v) is 14.5. The molecule has 128 heavy (non-hydrogen) atoms. The Hall–Kier alpha value is -14.5. The summed E-state index contributed by atoms with van der Waals surface area (Å²) in [7, 11) is 8.28. The number of piperidine rings is 4. The van der Waals surface area contributed by atoms with Gasteiger partial charge in [0, 0.05) is 117 Å². The van der Waals surface area contributed by atoms with Crippen LogP contribution < -0.4 is 111 Å². The van der Waals surface area contributed by atoms with Crippen molar-refractivity contribution in [2.75, 3.05) is 184 Å². The highest BCUT2D eigenvalue weighted by molar-refractivity contribution is 5.94. The Kier molecular flexibility index (Phi) is 29.4. The van der Waals surface area contributed by atoms with Gasteiger partial charge in [0.05, 0.1) is 34.0 Å². The molecule has 8 aromatic heterocycles. The smallest absolute Gasteiger partial charge is 0.416 e. The highest BCUT2D eigenvalue weighted by atomic mass is 19.4. The molecule has 5 aliphatic heterocycles. The SMILES string of the molecule is COc1c(N[C@H]2CCCNC2)ncnc1-n1nc(Nc2ccc(C(C)=O)cc2)nc1N.COc1c(N[C@H]2CCCNC2)ncnc1-n1nc(Nc2ccc(C(F)(F)F)cc2)nc1N.COc1c(N[C@H]2CCCNC2)ncnc1-n1nc(Nc2ccc(F)c(F)c2)nc1N.COc1c(N[C@H]2CCCNC2)ncnc1-n1nc(Nc2ccc(N3CCN(C)CC3)cc2)nc1N. The van der Waals surface area contributed by atoms with Crippen LogP contribution in [0, 0.1) is 11.6 Å². The molecule has 48 heteroatoms. The van der Waals surface area contributed by atoms with Crippen LogP contribution in [-0.4, -0.2) is 248 Å². The predicted octanol–water partition coefficient (Wildman–Crippen LogP) is 7.47. The molecule has 20 N–H and O–H groups in total. The van der Waals surface area contributed by atoms with E-state index in [2.05, 4.69) is 173 Å². The van der Waals surface area contributed by atoms with Crippen molar-refractivity contribution in [1.29, 1.82) is 0 Å². The Morgan fingerprint density at radius 3 is 1.01 bits per heavy atom. The lowest BCUT2D eigenvalue weighted by atomic mass is 10.1. The molecule has 0 saturated carbocycles. The number of halogens is 5. The maximum Gasteiger partial charge on any atom is 0.416 e. The Morgan fingerprint density at radius 2 is 0.719 bits per heavy atom. The molecule has 0 bridgehead atoms. The van der Waals surface area contributed by atoms with Crippen molar-refractivity contribution in [2.45, 2.75) is 88.6 Å². The lowest BCUT2D eigenvalue weighted by Crippen LogP contribution is -2.44. The Labute approximate surface area is 731 Å². The number of carbonyl (C=O) groups excluding carboxylic acids is 1. The summed E-state index contributed by atoms with van der Waals surface area (Å²) in [5.41, 5.74) is 27.7. The maximum absolute atomic E-state index is 13.4. The zero-order valence-electron chi connectivity index (χ0n) is 71.0. The van der Waals surface area contributed by atoms with Gasteiger partial charge in [0.1, 0.15) is 25.3 Å². The van der Waals surface area contributed by atoms with E-state index in [1.807, 2.05) is 12.1 Å². The fourth-order valence-electron chi connectivity index (χ4n) is 14.5. The first-order valence-corrected chi connectivity index (χ1v) is 41.3. The number of likely N-dealkylation sites (N-methyl/N-ethyl adjacent to an activating group) is 1. The average molecular weight is 1770 g/mol. The Balaban J connectivity index is 0.000000138. The number of alkyl halides is 3. The topological polar surface area (TPSA) is 535 Å². The highest BCUT2D eigenvalue weighted by Gasteiger charge is 2.32. The first kappa shape index (κ1) is 89.7. The van der Waals surface area contributed by atoms with E-state index in [9.17, 15) is 26.7 Å². The molecule has 0 radical (unpaired) electrons. The zero-order chi connectivity index (χ0) is 89.8. The van der Waals surface area contributed by atoms with Crippen LogP contribution in [0.3, 0.4) is 0 Å². The number of rotatable bonds is 26. The number of benzene rings is 4. The molecule has 0 aliphatic carbocycles. The number of hydrogen-bond donors (Lipinski definition) is 16. The number of nitrogens with one attached hydrogen (secondary N) is 12. The molecule has 0 spiro atoms. The molecule has 5 aliphatic rings. The molecule has 5 saturated heterocycles. The van der Waals surface area contributed by atoms with E-state index >= 15 is 0 Å². The van der Waals surface area contributed by atoms with Crippen molar-refractivity contribution >= 4 is 105 Å². The normalized spacial score (nSPS) is 17.0. The van der Waals surface area contributed by atoms with Gasteiger partial charge in [-0.05, 0) is 176 Å². The molecular formula is C80H101F5N38O5. The second-order valence-electron chi connectivity index (χ2n) is 30.1. The van der Waals surface area contributed by atoms with Gasteiger partial charge in [-0.2, -0.15) is 51.8 Å². The van der Waals surface area contributed by atoms with Crippen LogP contribution in [0.25, 0.3) is 23.3 Å². The van der Waals surface area contributed by atoms with Crippen LogP contribution in [0.4, 0.5) is 121 Å². The molecule has 43 nitrogen and oxygen atoms in total. The van der Waals surface area contributed by atoms with Crippen LogP contribution in [0.15, 0.2) is 116 Å². The molecule has 4 aromatic carbocycles. The zero-order valence-corrected chi connectivity index (χ0v) is 71.0. The summed E-state index contributed by atoms with van der Waals surface area (Å²) in [5, 5.41) is 56.4. The van der Waals surface area contributed by atoms with Crippen molar-refractivity contribution in [3.8, 4) is 46.3 Å². The number of ether oxygens (including phenoxy) is 4. The third-order valence-electron chi connectivity index (χ3n) is 21.0. The van der Waals surface area contributed by atoms with E-state index in [-0.39, 0.29) is 77.1 Å². The van der Waals surface area contributed by atoms with Crippen LogP contribution in [-0.2, 0) is 6.18 Å². The van der Waals surface area contributed by atoms with Gasteiger partial charge < -0.3 is 115 Å². The molecule has 0 unspecified atom stereocenters. The lowest BCUT2D eigenvalue weighted by molar-refractivity contribution is -0.137.